The number of amides is 2. The maximum atomic E-state index is 13.0. The van der Waals surface area contributed by atoms with Gasteiger partial charge in [0.25, 0.3) is 5.56 Å². The smallest absolute Gasteiger partial charge is 0.263 e. The molecule has 2 amide bonds. The van der Waals surface area contributed by atoms with Gasteiger partial charge >= 0.3 is 0 Å². The second-order valence-corrected chi connectivity index (χ2v) is 8.64. The molecular formula is C19H22N4O3S2. The number of fused-ring (bicyclic) bond motifs is 1. The standard InChI is InChI=1S/C19H22N4O3S2/c1-4-7-20-17(25)12(3)22-15(24)8-23-10-21-18-16(19(23)26)13(9-27-18)14-6-5-11(2)28-14/h5-6,9-10,12H,4,7-8H2,1-3H3,(H,20,25)(H,22,24)/t12-/m0/s1. The van der Waals surface area contributed by atoms with Crippen LogP contribution in [0.5, 0.6) is 0 Å². The number of rotatable bonds is 7. The highest BCUT2D eigenvalue weighted by atomic mass is 32.1. The molecule has 3 aromatic rings. The summed E-state index contributed by atoms with van der Waals surface area (Å²) in [5, 5.41) is 7.80. The first-order valence-corrected chi connectivity index (χ1v) is 10.7. The molecule has 148 valence electrons. The first kappa shape index (κ1) is 20.2. The van der Waals surface area contributed by atoms with Gasteiger partial charge in [0.15, 0.2) is 0 Å². The Kier molecular flexibility index (Phi) is 6.25. The van der Waals surface area contributed by atoms with Crippen LogP contribution in [0.2, 0.25) is 0 Å². The lowest BCUT2D eigenvalue weighted by atomic mass is 10.2. The number of carbonyl (C=O) groups is 2. The molecule has 1 atom stereocenters. The van der Waals surface area contributed by atoms with Crippen molar-refractivity contribution >= 4 is 44.7 Å². The molecular weight excluding hydrogens is 396 g/mol. The van der Waals surface area contributed by atoms with E-state index >= 15 is 0 Å². The minimum atomic E-state index is -0.669. The topological polar surface area (TPSA) is 93.1 Å². The van der Waals surface area contributed by atoms with Crippen molar-refractivity contribution < 1.29 is 9.59 Å². The first-order chi connectivity index (χ1) is 13.4. The van der Waals surface area contributed by atoms with Crippen LogP contribution in [0.1, 0.15) is 25.1 Å². The zero-order valence-corrected chi connectivity index (χ0v) is 17.6. The molecule has 3 heterocycles. The third-order valence-electron chi connectivity index (χ3n) is 4.20. The lowest BCUT2D eigenvalue weighted by Gasteiger charge is -2.14. The maximum absolute atomic E-state index is 13.0. The number of hydrogen-bond donors (Lipinski definition) is 2. The number of carbonyl (C=O) groups excluding carboxylic acids is 2. The van der Waals surface area contributed by atoms with Gasteiger partial charge in [-0.05, 0) is 32.4 Å². The molecule has 2 N–H and O–H groups in total. The summed E-state index contributed by atoms with van der Waals surface area (Å²) in [6, 6.07) is 3.33. The van der Waals surface area contributed by atoms with Crippen molar-refractivity contribution in [2.45, 2.75) is 39.8 Å². The van der Waals surface area contributed by atoms with E-state index < -0.39 is 11.9 Å². The quantitative estimate of drug-likeness (QED) is 0.617. The van der Waals surface area contributed by atoms with Crippen LogP contribution in [-0.2, 0) is 16.1 Å². The van der Waals surface area contributed by atoms with Crippen LogP contribution in [0.25, 0.3) is 20.7 Å². The van der Waals surface area contributed by atoms with E-state index in [1.807, 2.05) is 31.4 Å². The normalized spacial score (nSPS) is 12.1. The molecule has 3 aromatic heterocycles. The first-order valence-electron chi connectivity index (χ1n) is 9.01. The average Bonchev–Trinajstić information content (AvgIpc) is 3.28. The number of hydrogen-bond acceptors (Lipinski definition) is 6. The van der Waals surface area contributed by atoms with Crippen molar-refractivity contribution in [2.75, 3.05) is 6.54 Å². The number of nitrogens with one attached hydrogen (secondary N) is 2. The lowest BCUT2D eigenvalue weighted by Crippen LogP contribution is -2.46. The summed E-state index contributed by atoms with van der Waals surface area (Å²) in [5.41, 5.74) is 0.586. The van der Waals surface area contributed by atoms with Gasteiger partial charge in [0.05, 0.1) is 11.7 Å². The molecule has 0 aliphatic heterocycles. The highest BCUT2D eigenvalue weighted by Crippen LogP contribution is 2.34. The number of thiophene rings is 2. The fraction of sp³-hybridized carbons (Fsp3) is 0.368. The predicted octanol–water partition coefficient (Wildman–Crippen LogP) is 2.53. The Balaban J connectivity index is 1.80. The molecule has 0 saturated carbocycles. The average molecular weight is 419 g/mol. The van der Waals surface area contributed by atoms with Gasteiger partial charge in [0.2, 0.25) is 11.8 Å². The van der Waals surface area contributed by atoms with Crippen LogP contribution >= 0.6 is 22.7 Å². The van der Waals surface area contributed by atoms with Crippen molar-refractivity contribution in [2.24, 2.45) is 0 Å². The van der Waals surface area contributed by atoms with Gasteiger partial charge in [-0.1, -0.05) is 6.92 Å². The van der Waals surface area contributed by atoms with Crippen molar-refractivity contribution in [3.63, 3.8) is 0 Å². The lowest BCUT2D eigenvalue weighted by molar-refractivity contribution is -0.128. The molecule has 28 heavy (non-hydrogen) atoms. The molecule has 0 bridgehead atoms. The summed E-state index contributed by atoms with van der Waals surface area (Å²) in [7, 11) is 0. The Hall–Kier alpha value is -2.52. The minimum Gasteiger partial charge on any atom is -0.354 e. The van der Waals surface area contributed by atoms with E-state index in [2.05, 4.69) is 15.6 Å². The van der Waals surface area contributed by atoms with E-state index in [0.29, 0.717) is 16.8 Å². The van der Waals surface area contributed by atoms with Crippen molar-refractivity contribution in [1.29, 1.82) is 0 Å². The number of aryl methyl sites for hydroxylation is 1. The molecule has 0 aliphatic carbocycles. The molecule has 0 unspecified atom stereocenters. The van der Waals surface area contributed by atoms with E-state index in [1.165, 1.54) is 22.2 Å². The van der Waals surface area contributed by atoms with E-state index in [0.717, 1.165) is 21.7 Å². The van der Waals surface area contributed by atoms with Gasteiger partial charge in [-0.3, -0.25) is 19.0 Å². The molecule has 0 fully saturated rings. The summed E-state index contributed by atoms with van der Waals surface area (Å²) in [6.07, 6.45) is 2.20. The molecule has 0 aromatic carbocycles. The second-order valence-electron chi connectivity index (χ2n) is 6.50. The van der Waals surface area contributed by atoms with Crippen LogP contribution in [0, 0.1) is 6.92 Å². The maximum Gasteiger partial charge on any atom is 0.263 e. The Morgan fingerprint density at radius 2 is 2.11 bits per heavy atom. The second kappa shape index (κ2) is 8.66. The Morgan fingerprint density at radius 3 is 2.79 bits per heavy atom. The molecule has 9 heteroatoms. The fourth-order valence-corrected chi connectivity index (χ4v) is 4.61. The molecule has 0 aliphatic rings. The van der Waals surface area contributed by atoms with Gasteiger partial charge in [-0.15, -0.1) is 22.7 Å². The largest absolute Gasteiger partial charge is 0.354 e. The Morgan fingerprint density at radius 1 is 1.32 bits per heavy atom. The van der Waals surface area contributed by atoms with Crippen molar-refractivity contribution in [3.8, 4) is 10.4 Å². The van der Waals surface area contributed by atoms with Gasteiger partial charge in [-0.2, -0.15) is 0 Å². The van der Waals surface area contributed by atoms with Gasteiger partial charge in [-0.25, -0.2) is 4.98 Å². The van der Waals surface area contributed by atoms with Gasteiger partial charge < -0.3 is 10.6 Å². The van der Waals surface area contributed by atoms with Crippen LogP contribution in [0.4, 0.5) is 0 Å². The van der Waals surface area contributed by atoms with Crippen molar-refractivity contribution in [3.05, 3.63) is 39.1 Å². The van der Waals surface area contributed by atoms with Crippen LogP contribution < -0.4 is 16.2 Å². The summed E-state index contributed by atoms with van der Waals surface area (Å²) in [5.74, 6) is -0.657. The Labute approximate surface area is 170 Å². The van der Waals surface area contributed by atoms with Crippen LogP contribution in [-0.4, -0.2) is 34.0 Å². The van der Waals surface area contributed by atoms with E-state index in [4.69, 9.17) is 0 Å². The summed E-state index contributed by atoms with van der Waals surface area (Å²) >= 11 is 3.02. The highest BCUT2D eigenvalue weighted by molar-refractivity contribution is 7.19. The number of aromatic nitrogens is 2. The fourth-order valence-electron chi connectivity index (χ4n) is 2.75. The molecule has 0 spiro atoms. The molecule has 0 saturated heterocycles. The highest BCUT2D eigenvalue weighted by Gasteiger charge is 2.18. The molecule has 3 rings (SSSR count). The van der Waals surface area contributed by atoms with Crippen molar-refractivity contribution in [1.82, 2.24) is 20.2 Å². The monoisotopic (exact) mass is 418 g/mol. The summed E-state index contributed by atoms with van der Waals surface area (Å²) in [4.78, 5) is 44.3. The van der Waals surface area contributed by atoms with E-state index in [1.54, 1.807) is 18.3 Å². The molecule has 0 radical (unpaired) electrons. The van der Waals surface area contributed by atoms with Gasteiger partial charge in [0.1, 0.15) is 17.4 Å². The SMILES string of the molecule is CCCNC(=O)[C@H](C)NC(=O)Cn1cnc2scc(-c3ccc(C)s3)c2c1=O. The van der Waals surface area contributed by atoms with E-state index in [9.17, 15) is 14.4 Å². The summed E-state index contributed by atoms with van der Waals surface area (Å²) < 4.78 is 1.28. The Bertz CT molecular complexity index is 1070. The number of nitrogens with zero attached hydrogens (tertiary/aromatic N) is 2. The predicted molar refractivity (Wildman–Crippen MR) is 113 cm³/mol. The zero-order chi connectivity index (χ0) is 20.3. The summed E-state index contributed by atoms with van der Waals surface area (Å²) in [6.45, 7) is 5.95. The van der Waals surface area contributed by atoms with Gasteiger partial charge in [0, 0.05) is 27.2 Å². The minimum absolute atomic E-state index is 0.189. The van der Waals surface area contributed by atoms with Crippen LogP contribution in [0.3, 0.4) is 0 Å². The van der Waals surface area contributed by atoms with E-state index in [-0.39, 0.29) is 18.0 Å². The zero-order valence-electron chi connectivity index (χ0n) is 15.9. The third-order valence-corrected chi connectivity index (χ3v) is 6.12. The molecule has 7 nitrogen and oxygen atoms in total. The van der Waals surface area contributed by atoms with Crippen LogP contribution in [0.15, 0.2) is 28.6 Å². The third kappa shape index (κ3) is 4.31.